The van der Waals surface area contributed by atoms with Crippen LogP contribution in [0.15, 0.2) is 24.3 Å². The minimum Gasteiger partial charge on any atom is -0.461 e. The third-order valence-electron chi connectivity index (χ3n) is 5.93. The van der Waals surface area contributed by atoms with Crippen LogP contribution in [-0.2, 0) is 51.2 Å². The molecule has 0 atom stereocenters. The van der Waals surface area contributed by atoms with Gasteiger partial charge in [0.25, 0.3) is 20.2 Å². The number of fused-ring (bicyclic) bond motifs is 1. The summed E-state index contributed by atoms with van der Waals surface area (Å²) in [6.45, 7) is 1.41. The monoisotopic (exact) mass is 703 g/mol. The molecular formula is C26H37N7O12S2. The third-order valence-corrected chi connectivity index (χ3v) is 7.12. The Bertz CT molecular complexity index is 1690. The van der Waals surface area contributed by atoms with E-state index in [0.29, 0.717) is 5.56 Å². The summed E-state index contributed by atoms with van der Waals surface area (Å²) in [7, 11) is -5.98. The maximum absolute atomic E-state index is 12.8. The zero-order valence-electron chi connectivity index (χ0n) is 26.2. The Hall–Kier alpha value is -4.31. The van der Waals surface area contributed by atoms with Crippen molar-refractivity contribution in [3.05, 3.63) is 35.4 Å². The molecular weight excluding hydrogens is 666 g/mol. The number of urea groups is 1. The summed E-state index contributed by atoms with van der Waals surface area (Å²) in [4.78, 5) is 38.9. The van der Waals surface area contributed by atoms with Gasteiger partial charge in [-0.25, -0.2) is 9.59 Å². The van der Waals surface area contributed by atoms with Gasteiger partial charge in [-0.15, -0.1) is 0 Å². The zero-order valence-corrected chi connectivity index (χ0v) is 27.8. The molecule has 0 unspecified atom stereocenters. The molecule has 2 heterocycles. The number of ether oxygens (including phenoxy) is 4. The molecule has 0 aliphatic heterocycles. The molecule has 0 bridgehead atoms. The summed E-state index contributed by atoms with van der Waals surface area (Å²) >= 11 is 0. The van der Waals surface area contributed by atoms with Gasteiger partial charge in [0.05, 0.1) is 45.5 Å². The second kappa shape index (κ2) is 17.0. The van der Waals surface area contributed by atoms with Crippen LogP contribution in [0.3, 0.4) is 0 Å². The number of nitrogens with two attached hydrogens (primary N) is 1. The molecule has 0 spiro atoms. The van der Waals surface area contributed by atoms with E-state index in [9.17, 15) is 26.4 Å². The molecule has 0 fully saturated rings. The van der Waals surface area contributed by atoms with E-state index >= 15 is 0 Å². The molecule has 2 amide bonds. The number of hydrogen-bond donors (Lipinski definition) is 2. The number of hydrogen-bond acceptors (Lipinski definition) is 16. The number of anilines is 1. The average Bonchev–Trinajstić information content (AvgIpc) is 3.31. The summed E-state index contributed by atoms with van der Waals surface area (Å²) in [6.07, 6.45) is 0.769. The van der Waals surface area contributed by atoms with Crippen LogP contribution >= 0.6 is 0 Å². The lowest BCUT2D eigenvalue weighted by atomic mass is 10.1. The third kappa shape index (κ3) is 12.4. The van der Waals surface area contributed by atoms with E-state index in [1.165, 1.54) is 16.6 Å². The number of carbonyl (C=O) groups is 2. The van der Waals surface area contributed by atoms with Crippen molar-refractivity contribution in [2.45, 2.75) is 20.0 Å². The topological polar surface area (TPSA) is 243 Å². The Labute approximate surface area is 271 Å². The highest BCUT2D eigenvalue weighted by molar-refractivity contribution is 7.86. The highest BCUT2D eigenvalue weighted by Crippen LogP contribution is 2.27. The van der Waals surface area contributed by atoms with Crippen molar-refractivity contribution >= 4 is 49.4 Å². The Morgan fingerprint density at radius 1 is 0.915 bits per heavy atom. The van der Waals surface area contributed by atoms with E-state index < -0.39 is 32.4 Å². The SMILES string of the molecule is CCOC(=O)Oc1nc2c(N)nc(OCCOC)nc2n1Cc1ccc(CNC(=O)N(CCOS(C)(=O)=O)CCOS(C)(=O)=O)cc1. The number of rotatable bonds is 18. The number of imidazole rings is 1. The first-order valence-corrected chi connectivity index (χ1v) is 17.6. The fraction of sp³-hybridized carbons (Fsp3) is 0.500. The molecule has 3 aromatic rings. The van der Waals surface area contributed by atoms with Crippen molar-refractivity contribution in [1.82, 2.24) is 29.7 Å². The number of nitrogens with one attached hydrogen (secondary N) is 1. The molecule has 1 aromatic carbocycles. The summed E-state index contributed by atoms with van der Waals surface area (Å²) in [5.74, 6) is 0.000714. The van der Waals surface area contributed by atoms with Gasteiger partial charge in [-0.05, 0) is 18.1 Å². The quantitative estimate of drug-likeness (QED) is 0.104. The van der Waals surface area contributed by atoms with E-state index in [1.807, 2.05) is 0 Å². The Morgan fingerprint density at radius 3 is 2.11 bits per heavy atom. The van der Waals surface area contributed by atoms with Crippen LogP contribution in [0.4, 0.5) is 15.4 Å². The second-order valence-electron chi connectivity index (χ2n) is 9.68. The highest BCUT2D eigenvalue weighted by atomic mass is 32.2. The first-order valence-electron chi connectivity index (χ1n) is 14.0. The van der Waals surface area contributed by atoms with E-state index in [2.05, 4.69) is 20.3 Å². The molecule has 260 valence electrons. The largest absolute Gasteiger partial charge is 0.516 e. The molecule has 0 saturated heterocycles. The van der Waals surface area contributed by atoms with Gasteiger partial charge in [0.1, 0.15) is 6.61 Å². The maximum Gasteiger partial charge on any atom is 0.516 e. The standard InChI is InChI=1S/C26H37N7O12S2/c1-5-41-26(35)45-25-29-20-21(27)30-23(42-15-14-40-2)31-22(20)33(25)17-19-8-6-18(7-9-19)16-28-24(34)32(10-12-43-46(3,36)37)11-13-44-47(4,38)39/h6-9H,5,10-17H2,1-4H3,(H,28,34)(H2,27,30,31). The lowest BCUT2D eigenvalue weighted by molar-refractivity contribution is 0.0995. The summed E-state index contributed by atoms with van der Waals surface area (Å²) in [6, 6.07) is 6.25. The molecule has 21 heteroatoms. The van der Waals surface area contributed by atoms with Gasteiger partial charge in [0.2, 0.25) is 0 Å². The van der Waals surface area contributed by atoms with Crippen molar-refractivity contribution in [2.75, 3.05) is 71.5 Å². The normalized spacial score (nSPS) is 11.7. The first kappa shape index (κ1) is 37.2. The molecule has 0 saturated carbocycles. The molecule has 3 rings (SSSR count). The number of nitrogen functional groups attached to an aromatic ring is 1. The number of methoxy groups -OCH3 is 1. The van der Waals surface area contributed by atoms with Gasteiger partial charge < -0.3 is 34.9 Å². The van der Waals surface area contributed by atoms with Crippen LogP contribution < -0.4 is 20.5 Å². The Morgan fingerprint density at radius 2 is 1.53 bits per heavy atom. The Kier molecular flexibility index (Phi) is 13.5. The number of amides is 2. The predicted molar refractivity (Wildman–Crippen MR) is 166 cm³/mol. The van der Waals surface area contributed by atoms with Crippen LogP contribution in [-0.4, -0.2) is 119 Å². The summed E-state index contributed by atoms with van der Waals surface area (Å²) in [5.41, 5.74) is 7.94. The van der Waals surface area contributed by atoms with Gasteiger partial charge in [-0.3, -0.25) is 12.9 Å². The van der Waals surface area contributed by atoms with E-state index in [-0.39, 0.29) is 88.2 Å². The van der Waals surface area contributed by atoms with Crippen LogP contribution in [0.25, 0.3) is 11.2 Å². The van der Waals surface area contributed by atoms with Gasteiger partial charge >= 0.3 is 24.2 Å². The van der Waals surface area contributed by atoms with Gasteiger partial charge in [-0.2, -0.15) is 31.8 Å². The summed E-state index contributed by atoms with van der Waals surface area (Å²) in [5, 5.41) is 2.70. The van der Waals surface area contributed by atoms with Crippen LogP contribution in [0.2, 0.25) is 0 Å². The fourth-order valence-electron chi connectivity index (χ4n) is 3.85. The zero-order chi connectivity index (χ0) is 34.6. The van der Waals surface area contributed by atoms with E-state index in [0.717, 1.165) is 18.1 Å². The van der Waals surface area contributed by atoms with Crippen LogP contribution in [0, 0.1) is 0 Å². The van der Waals surface area contributed by atoms with Crippen molar-refractivity contribution in [3.8, 4) is 12.0 Å². The Balaban J connectivity index is 1.75. The molecule has 2 aromatic heterocycles. The van der Waals surface area contributed by atoms with Gasteiger partial charge in [-0.1, -0.05) is 24.3 Å². The molecule has 47 heavy (non-hydrogen) atoms. The smallest absolute Gasteiger partial charge is 0.461 e. The van der Waals surface area contributed by atoms with Gasteiger partial charge in [0, 0.05) is 26.7 Å². The van der Waals surface area contributed by atoms with E-state index in [1.54, 1.807) is 31.2 Å². The molecule has 3 N–H and O–H groups in total. The number of nitrogens with zero attached hydrogens (tertiary/aromatic N) is 5. The van der Waals surface area contributed by atoms with E-state index in [4.69, 9.17) is 33.0 Å². The predicted octanol–water partition coefficient (Wildman–Crippen LogP) is 0.481. The number of aromatic nitrogens is 4. The average molecular weight is 704 g/mol. The van der Waals surface area contributed by atoms with Crippen molar-refractivity contribution < 1.29 is 53.7 Å². The maximum atomic E-state index is 12.8. The lowest BCUT2D eigenvalue weighted by Gasteiger charge is -2.22. The minimum absolute atomic E-state index is 0.000714. The van der Waals surface area contributed by atoms with Crippen LogP contribution in [0.1, 0.15) is 18.1 Å². The first-order chi connectivity index (χ1) is 22.2. The molecule has 0 aliphatic carbocycles. The van der Waals surface area contributed by atoms with Gasteiger partial charge in [0.15, 0.2) is 17.0 Å². The van der Waals surface area contributed by atoms with Crippen LogP contribution in [0.5, 0.6) is 12.0 Å². The number of benzene rings is 1. The second-order valence-corrected chi connectivity index (χ2v) is 13.0. The van der Waals surface area contributed by atoms with Crippen molar-refractivity contribution in [3.63, 3.8) is 0 Å². The summed E-state index contributed by atoms with van der Waals surface area (Å²) < 4.78 is 76.8. The number of carbonyl (C=O) groups excluding carboxylic acids is 2. The minimum atomic E-state index is -3.75. The lowest BCUT2D eigenvalue weighted by Crippen LogP contribution is -2.43. The molecule has 0 radical (unpaired) electrons. The molecule has 19 nitrogen and oxygen atoms in total. The fourth-order valence-corrected chi connectivity index (χ4v) is 4.61. The van der Waals surface area contributed by atoms with Crippen molar-refractivity contribution in [2.24, 2.45) is 0 Å². The van der Waals surface area contributed by atoms with Crippen molar-refractivity contribution in [1.29, 1.82) is 0 Å². The highest BCUT2D eigenvalue weighted by Gasteiger charge is 2.22. The molecule has 0 aliphatic rings.